The molecule has 26 heavy (non-hydrogen) atoms. The van der Waals surface area contributed by atoms with Crippen LogP contribution in [0.25, 0.3) is 0 Å². The number of rotatable bonds is 4. The molecule has 0 saturated heterocycles. The van der Waals surface area contributed by atoms with E-state index in [1.54, 1.807) is 6.07 Å². The first-order valence-electron chi connectivity index (χ1n) is 8.60. The van der Waals surface area contributed by atoms with Gasteiger partial charge in [0.2, 0.25) is 0 Å². The molecule has 3 aromatic rings. The lowest BCUT2D eigenvalue weighted by atomic mass is 10.2. The topological polar surface area (TPSA) is 9.23 Å². The summed E-state index contributed by atoms with van der Waals surface area (Å²) in [6.07, 6.45) is 0. The van der Waals surface area contributed by atoms with Crippen LogP contribution >= 0.6 is 15.9 Å². The minimum atomic E-state index is -2.74. The number of benzene rings is 3. The quantitative estimate of drug-likeness (QED) is 0.496. The van der Waals surface area contributed by atoms with Crippen molar-refractivity contribution in [3.8, 4) is 5.75 Å². The second kappa shape index (κ2) is 7.37. The molecule has 3 aromatic carbocycles. The normalized spacial score (nSPS) is 12.0. The van der Waals surface area contributed by atoms with E-state index in [0.717, 1.165) is 14.8 Å². The van der Waals surface area contributed by atoms with Gasteiger partial charge in [-0.1, -0.05) is 81.4 Å². The maximum atomic E-state index is 13.9. The summed E-state index contributed by atoms with van der Waals surface area (Å²) < 4.78 is 21.5. The Hall–Kier alpha value is -1.91. The zero-order valence-electron chi connectivity index (χ0n) is 15.2. The van der Waals surface area contributed by atoms with Crippen LogP contribution < -0.4 is 14.8 Å². The molecule has 0 spiro atoms. The largest absolute Gasteiger partial charge is 0.533 e. The molecule has 0 bridgehead atoms. The van der Waals surface area contributed by atoms with Crippen molar-refractivity contribution in [2.45, 2.75) is 25.8 Å². The minimum Gasteiger partial charge on any atom is -0.533 e. The Balaban J connectivity index is 2.29. The van der Waals surface area contributed by atoms with Crippen LogP contribution in [0.5, 0.6) is 5.75 Å². The third kappa shape index (κ3) is 3.48. The molecule has 0 N–H and O–H groups in total. The van der Waals surface area contributed by atoms with Gasteiger partial charge in [0.15, 0.2) is 0 Å². The van der Waals surface area contributed by atoms with Crippen molar-refractivity contribution in [3.63, 3.8) is 0 Å². The number of halogens is 2. The van der Waals surface area contributed by atoms with Crippen molar-refractivity contribution in [2.75, 3.05) is 0 Å². The van der Waals surface area contributed by atoms with Gasteiger partial charge in [-0.3, -0.25) is 0 Å². The monoisotopic (exact) mass is 428 g/mol. The molecule has 1 nitrogen and oxygen atoms in total. The Morgan fingerprint density at radius 1 is 0.808 bits per heavy atom. The second-order valence-corrected chi connectivity index (χ2v) is 12.4. The fourth-order valence-electron chi connectivity index (χ4n) is 3.37. The van der Waals surface area contributed by atoms with E-state index in [2.05, 4.69) is 61.0 Å². The molecule has 0 aliphatic heterocycles. The van der Waals surface area contributed by atoms with Crippen LogP contribution in [0.1, 0.15) is 20.8 Å². The first-order valence-corrected chi connectivity index (χ1v) is 11.3. The van der Waals surface area contributed by atoms with Crippen LogP contribution in [0.4, 0.5) is 4.39 Å². The van der Waals surface area contributed by atoms with E-state index in [9.17, 15) is 4.39 Å². The molecule has 0 amide bonds. The number of hydrogen-bond acceptors (Lipinski definition) is 1. The maximum absolute atomic E-state index is 13.9. The van der Waals surface area contributed by atoms with Gasteiger partial charge in [-0.2, -0.15) is 0 Å². The lowest BCUT2D eigenvalue weighted by Gasteiger charge is -2.43. The molecule has 0 aliphatic carbocycles. The van der Waals surface area contributed by atoms with Gasteiger partial charge in [-0.15, -0.1) is 0 Å². The predicted octanol–water partition coefficient (Wildman–Crippen LogP) is 5.53. The van der Waals surface area contributed by atoms with E-state index in [1.807, 2.05) is 36.4 Å². The third-order valence-electron chi connectivity index (χ3n) is 4.57. The van der Waals surface area contributed by atoms with E-state index in [0.29, 0.717) is 5.75 Å². The molecule has 0 aromatic heterocycles. The Morgan fingerprint density at radius 3 is 1.77 bits per heavy atom. The van der Waals surface area contributed by atoms with Crippen LogP contribution in [0.2, 0.25) is 5.04 Å². The summed E-state index contributed by atoms with van der Waals surface area (Å²) in [5.41, 5.74) is 0. The van der Waals surface area contributed by atoms with Gasteiger partial charge in [0.1, 0.15) is 11.6 Å². The highest BCUT2D eigenvalue weighted by molar-refractivity contribution is 9.10. The first-order chi connectivity index (χ1) is 12.3. The standard InChI is InChI=1S/C22H22BrFOSi/c1-22(2,3)26(18-10-6-4-7-11-18,19-12-8-5-9-13-19)25-21-16-17(24)14-15-20(21)23/h4-16H,1-3H3. The van der Waals surface area contributed by atoms with E-state index in [1.165, 1.54) is 12.1 Å². The van der Waals surface area contributed by atoms with E-state index in [4.69, 9.17) is 4.43 Å². The Morgan fingerprint density at radius 2 is 1.31 bits per heavy atom. The average Bonchev–Trinajstić information content (AvgIpc) is 2.63. The SMILES string of the molecule is CC(C)(C)[Si](Oc1cc(F)ccc1Br)(c1ccccc1)c1ccccc1. The highest BCUT2D eigenvalue weighted by Crippen LogP contribution is 2.39. The molecule has 0 saturated carbocycles. The van der Waals surface area contributed by atoms with Gasteiger partial charge in [0, 0.05) is 6.07 Å². The maximum Gasteiger partial charge on any atom is 0.320 e. The van der Waals surface area contributed by atoms with Crippen LogP contribution in [0.15, 0.2) is 83.3 Å². The molecule has 0 unspecified atom stereocenters. The summed E-state index contributed by atoms with van der Waals surface area (Å²) in [6.45, 7) is 6.60. The summed E-state index contributed by atoms with van der Waals surface area (Å²) in [4.78, 5) is 0. The van der Waals surface area contributed by atoms with Crippen LogP contribution in [0.3, 0.4) is 0 Å². The molecule has 0 heterocycles. The van der Waals surface area contributed by atoms with Crippen LogP contribution in [-0.2, 0) is 0 Å². The molecule has 4 heteroatoms. The molecule has 0 fully saturated rings. The summed E-state index contributed by atoms with van der Waals surface area (Å²) >= 11 is 3.53. The smallest absolute Gasteiger partial charge is 0.320 e. The van der Waals surface area contributed by atoms with Crippen LogP contribution in [-0.4, -0.2) is 8.32 Å². The summed E-state index contributed by atoms with van der Waals surface area (Å²) in [6, 6.07) is 25.2. The summed E-state index contributed by atoms with van der Waals surface area (Å²) in [7, 11) is -2.74. The lowest BCUT2D eigenvalue weighted by molar-refractivity contribution is 0.499. The number of hydrogen-bond donors (Lipinski definition) is 0. The van der Waals surface area contributed by atoms with E-state index >= 15 is 0 Å². The molecule has 0 atom stereocenters. The first kappa shape index (κ1) is 18.9. The molecular weight excluding hydrogens is 407 g/mol. The Labute approximate surface area is 164 Å². The van der Waals surface area contributed by atoms with Gasteiger partial charge in [0.05, 0.1) is 4.47 Å². The van der Waals surface area contributed by atoms with Crippen molar-refractivity contribution in [2.24, 2.45) is 0 Å². The molecule has 0 radical (unpaired) electrons. The van der Waals surface area contributed by atoms with Crippen molar-refractivity contribution < 1.29 is 8.82 Å². The molecule has 0 aliphatic rings. The zero-order valence-corrected chi connectivity index (χ0v) is 17.8. The molecular formula is C22H22BrFOSi. The van der Waals surface area contributed by atoms with Crippen molar-refractivity contribution in [1.29, 1.82) is 0 Å². The highest BCUT2D eigenvalue weighted by Gasteiger charge is 2.52. The average molecular weight is 429 g/mol. The lowest BCUT2D eigenvalue weighted by Crippen LogP contribution is -2.68. The van der Waals surface area contributed by atoms with Crippen molar-refractivity contribution in [3.05, 3.63) is 89.2 Å². The van der Waals surface area contributed by atoms with Crippen molar-refractivity contribution >= 4 is 34.6 Å². The Bertz CT molecular complexity index is 836. The fourth-order valence-corrected chi connectivity index (χ4v) is 8.28. The summed E-state index contributed by atoms with van der Waals surface area (Å²) in [5, 5.41) is 2.16. The third-order valence-corrected chi connectivity index (χ3v) is 10.2. The molecule has 3 rings (SSSR count). The van der Waals surface area contributed by atoms with Gasteiger partial charge >= 0.3 is 8.32 Å². The van der Waals surface area contributed by atoms with Crippen molar-refractivity contribution in [1.82, 2.24) is 0 Å². The van der Waals surface area contributed by atoms with Gasteiger partial charge in [0.25, 0.3) is 0 Å². The van der Waals surface area contributed by atoms with Gasteiger partial charge in [-0.05, 0) is 43.5 Å². The van der Waals surface area contributed by atoms with E-state index < -0.39 is 8.32 Å². The highest BCUT2D eigenvalue weighted by atomic mass is 79.9. The molecule has 134 valence electrons. The van der Waals surface area contributed by atoms with Gasteiger partial charge in [-0.25, -0.2) is 4.39 Å². The van der Waals surface area contributed by atoms with E-state index in [-0.39, 0.29) is 10.9 Å². The Kier molecular flexibility index (Phi) is 5.35. The second-order valence-electron chi connectivity index (χ2n) is 7.34. The van der Waals surface area contributed by atoms with Crippen LogP contribution in [0, 0.1) is 5.82 Å². The fraction of sp³-hybridized carbons (Fsp3) is 0.182. The minimum absolute atomic E-state index is 0.165. The zero-order chi connectivity index (χ0) is 18.8. The van der Waals surface area contributed by atoms with Gasteiger partial charge < -0.3 is 4.43 Å². The predicted molar refractivity (Wildman–Crippen MR) is 112 cm³/mol. The summed E-state index contributed by atoms with van der Waals surface area (Å²) in [5.74, 6) is 0.237.